The largest absolute Gasteiger partial charge is 0.361 e. The number of aromatic nitrogens is 1. The van der Waals surface area contributed by atoms with Crippen molar-refractivity contribution in [2.75, 3.05) is 13.6 Å². The number of H-pyrrole nitrogens is 1. The van der Waals surface area contributed by atoms with Crippen LogP contribution in [-0.2, 0) is 6.42 Å². The van der Waals surface area contributed by atoms with E-state index in [1.807, 2.05) is 0 Å². The van der Waals surface area contributed by atoms with Crippen LogP contribution in [-0.4, -0.2) is 30.1 Å². The molecule has 2 aromatic rings. The van der Waals surface area contributed by atoms with Gasteiger partial charge in [-0.2, -0.15) is 0 Å². The van der Waals surface area contributed by atoms with Crippen molar-refractivity contribution in [1.29, 1.82) is 0 Å². The van der Waals surface area contributed by atoms with Gasteiger partial charge in [0.15, 0.2) is 5.96 Å². The summed E-state index contributed by atoms with van der Waals surface area (Å²) in [6.07, 6.45) is 3.08. The molecule has 0 radical (unpaired) electrons. The van der Waals surface area contributed by atoms with E-state index in [2.05, 4.69) is 72.7 Å². The van der Waals surface area contributed by atoms with E-state index in [0.717, 1.165) is 18.9 Å². The first-order valence-electron chi connectivity index (χ1n) is 7.45. The maximum absolute atomic E-state index is 4.26. The van der Waals surface area contributed by atoms with Gasteiger partial charge in [0.05, 0.1) is 0 Å². The molecule has 0 aliphatic rings. The van der Waals surface area contributed by atoms with E-state index in [1.165, 1.54) is 22.0 Å². The lowest BCUT2D eigenvalue weighted by Crippen LogP contribution is -2.48. The zero-order chi connectivity index (χ0) is 15.5. The normalized spacial score (nSPS) is 12.7. The maximum Gasteiger partial charge on any atom is 0.191 e. The third-order valence-corrected chi connectivity index (χ3v) is 3.40. The summed E-state index contributed by atoms with van der Waals surface area (Å²) in [4.78, 5) is 7.60. The van der Waals surface area contributed by atoms with Crippen molar-refractivity contribution < 1.29 is 0 Å². The highest BCUT2D eigenvalue weighted by molar-refractivity contribution is 5.86. The molecule has 21 heavy (non-hydrogen) atoms. The molecule has 4 heteroatoms. The van der Waals surface area contributed by atoms with Gasteiger partial charge in [-0.05, 0) is 51.3 Å². The van der Waals surface area contributed by atoms with Gasteiger partial charge in [-0.1, -0.05) is 12.1 Å². The molecule has 1 heterocycles. The topological polar surface area (TPSA) is 52.2 Å². The summed E-state index contributed by atoms with van der Waals surface area (Å²) < 4.78 is 0. The van der Waals surface area contributed by atoms with Crippen LogP contribution in [0, 0.1) is 6.92 Å². The Bertz CT molecular complexity index is 632. The summed E-state index contributed by atoms with van der Waals surface area (Å²) in [6, 6.07) is 6.37. The maximum atomic E-state index is 4.26. The molecule has 0 spiro atoms. The number of rotatable bonds is 3. The third kappa shape index (κ3) is 4.00. The molecule has 2 rings (SSSR count). The van der Waals surface area contributed by atoms with Crippen LogP contribution in [0.5, 0.6) is 0 Å². The molecule has 0 saturated heterocycles. The van der Waals surface area contributed by atoms with Crippen molar-refractivity contribution in [3.8, 4) is 0 Å². The van der Waals surface area contributed by atoms with Crippen molar-refractivity contribution >= 4 is 16.9 Å². The number of aryl methyl sites for hydroxylation is 1. The van der Waals surface area contributed by atoms with Gasteiger partial charge < -0.3 is 15.6 Å². The number of nitrogens with one attached hydrogen (secondary N) is 3. The summed E-state index contributed by atoms with van der Waals surface area (Å²) in [5.41, 5.74) is 3.89. The van der Waals surface area contributed by atoms with Gasteiger partial charge in [0.25, 0.3) is 0 Å². The second-order valence-electron chi connectivity index (χ2n) is 6.44. The summed E-state index contributed by atoms with van der Waals surface area (Å²) >= 11 is 0. The van der Waals surface area contributed by atoms with E-state index in [-0.39, 0.29) is 5.54 Å². The number of aliphatic imine (C=N–C) groups is 1. The average molecular weight is 286 g/mol. The Labute approximate surface area is 127 Å². The minimum Gasteiger partial charge on any atom is -0.361 e. The molecule has 0 aliphatic carbocycles. The van der Waals surface area contributed by atoms with Crippen LogP contribution in [0.2, 0.25) is 0 Å². The quantitative estimate of drug-likeness (QED) is 0.600. The molecular formula is C17H26N4. The fourth-order valence-electron chi connectivity index (χ4n) is 2.50. The van der Waals surface area contributed by atoms with Gasteiger partial charge in [-0.15, -0.1) is 0 Å². The molecule has 0 unspecified atom stereocenters. The Morgan fingerprint density at radius 3 is 2.71 bits per heavy atom. The van der Waals surface area contributed by atoms with Crippen LogP contribution < -0.4 is 10.6 Å². The molecule has 0 saturated carbocycles. The molecule has 0 atom stereocenters. The number of guanidine groups is 1. The fraction of sp³-hybridized carbons (Fsp3) is 0.471. The highest BCUT2D eigenvalue weighted by Crippen LogP contribution is 2.22. The van der Waals surface area contributed by atoms with E-state index < -0.39 is 0 Å². The summed E-state index contributed by atoms with van der Waals surface area (Å²) in [6.45, 7) is 9.40. The monoisotopic (exact) mass is 286 g/mol. The number of fused-ring (bicyclic) bond motifs is 1. The average Bonchev–Trinajstić information content (AvgIpc) is 2.81. The number of hydrogen-bond acceptors (Lipinski definition) is 1. The zero-order valence-corrected chi connectivity index (χ0v) is 13.7. The number of benzene rings is 1. The highest BCUT2D eigenvalue weighted by Gasteiger charge is 2.12. The summed E-state index contributed by atoms with van der Waals surface area (Å²) in [5.74, 6) is 0.846. The SMILES string of the molecule is CN=C(NCCc1c[nH]c2cccc(C)c12)NC(C)(C)C. The lowest BCUT2D eigenvalue weighted by molar-refractivity contribution is 0.501. The molecule has 1 aromatic carbocycles. The first kappa shape index (κ1) is 15.4. The van der Waals surface area contributed by atoms with Crippen molar-refractivity contribution in [2.45, 2.75) is 39.7 Å². The first-order valence-corrected chi connectivity index (χ1v) is 7.45. The van der Waals surface area contributed by atoms with Gasteiger partial charge in [0, 0.05) is 36.2 Å². The van der Waals surface area contributed by atoms with Crippen molar-refractivity contribution in [3.63, 3.8) is 0 Å². The second-order valence-corrected chi connectivity index (χ2v) is 6.44. The fourth-order valence-corrected chi connectivity index (χ4v) is 2.50. The number of hydrogen-bond donors (Lipinski definition) is 3. The summed E-state index contributed by atoms with van der Waals surface area (Å²) in [5, 5.41) is 8.08. The Morgan fingerprint density at radius 2 is 2.05 bits per heavy atom. The zero-order valence-electron chi connectivity index (χ0n) is 13.7. The number of aromatic amines is 1. The molecule has 0 fully saturated rings. The van der Waals surface area contributed by atoms with Gasteiger partial charge in [0.2, 0.25) is 0 Å². The molecule has 0 bridgehead atoms. The Balaban J connectivity index is 1.99. The minimum atomic E-state index is 0.0131. The van der Waals surface area contributed by atoms with Crippen molar-refractivity contribution in [3.05, 3.63) is 35.5 Å². The van der Waals surface area contributed by atoms with Gasteiger partial charge in [0.1, 0.15) is 0 Å². The van der Waals surface area contributed by atoms with Crippen molar-refractivity contribution in [1.82, 2.24) is 15.6 Å². The second kappa shape index (κ2) is 6.20. The molecular weight excluding hydrogens is 260 g/mol. The highest BCUT2D eigenvalue weighted by atomic mass is 15.2. The summed E-state index contributed by atoms with van der Waals surface area (Å²) in [7, 11) is 1.80. The van der Waals surface area contributed by atoms with Crippen LogP contribution in [0.25, 0.3) is 10.9 Å². The lowest BCUT2D eigenvalue weighted by atomic mass is 10.1. The Morgan fingerprint density at radius 1 is 1.29 bits per heavy atom. The molecule has 0 aliphatic heterocycles. The van der Waals surface area contributed by atoms with Crippen LogP contribution in [0.3, 0.4) is 0 Å². The third-order valence-electron chi connectivity index (χ3n) is 3.40. The van der Waals surface area contributed by atoms with E-state index in [4.69, 9.17) is 0 Å². The van der Waals surface area contributed by atoms with Crippen LogP contribution in [0.15, 0.2) is 29.4 Å². The van der Waals surface area contributed by atoms with Crippen LogP contribution in [0.4, 0.5) is 0 Å². The van der Waals surface area contributed by atoms with Crippen molar-refractivity contribution in [2.24, 2.45) is 4.99 Å². The molecule has 114 valence electrons. The smallest absolute Gasteiger partial charge is 0.191 e. The van der Waals surface area contributed by atoms with E-state index in [1.54, 1.807) is 7.05 Å². The molecule has 0 amide bonds. The van der Waals surface area contributed by atoms with Crippen LogP contribution >= 0.6 is 0 Å². The van der Waals surface area contributed by atoms with E-state index in [9.17, 15) is 0 Å². The number of nitrogens with zero attached hydrogens (tertiary/aromatic N) is 1. The molecule has 4 nitrogen and oxygen atoms in total. The van der Waals surface area contributed by atoms with E-state index >= 15 is 0 Å². The predicted octanol–water partition coefficient (Wildman–Crippen LogP) is 2.98. The standard InChI is InChI=1S/C17H26N4/c1-12-7-6-8-14-15(12)13(11-20-14)9-10-19-16(18-5)21-17(2,3)4/h6-8,11,20H,9-10H2,1-5H3,(H2,18,19,21). The molecule has 1 aromatic heterocycles. The molecule has 3 N–H and O–H groups in total. The first-order chi connectivity index (χ1) is 9.90. The Kier molecular flexibility index (Phi) is 4.56. The van der Waals surface area contributed by atoms with E-state index in [0.29, 0.717) is 0 Å². The lowest BCUT2D eigenvalue weighted by Gasteiger charge is -2.23. The van der Waals surface area contributed by atoms with Crippen LogP contribution in [0.1, 0.15) is 31.9 Å². The minimum absolute atomic E-state index is 0.0131. The predicted molar refractivity (Wildman–Crippen MR) is 91.0 cm³/mol. The van der Waals surface area contributed by atoms with Gasteiger partial charge >= 0.3 is 0 Å². The van der Waals surface area contributed by atoms with Gasteiger partial charge in [-0.25, -0.2) is 0 Å². The van der Waals surface area contributed by atoms with Gasteiger partial charge in [-0.3, -0.25) is 4.99 Å². The Hall–Kier alpha value is -1.97.